The summed E-state index contributed by atoms with van der Waals surface area (Å²) in [5.74, 6) is 0. The molecule has 1 atom stereocenters. The third-order valence-corrected chi connectivity index (χ3v) is 3.91. The van der Waals surface area contributed by atoms with Crippen molar-refractivity contribution in [3.8, 4) is 0 Å². The maximum absolute atomic E-state index is 5.98. The molecule has 2 saturated heterocycles. The zero-order valence-corrected chi connectivity index (χ0v) is 11.6. The van der Waals surface area contributed by atoms with Crippen LogP contribution in [0, 0.1) is 0 Å². The molecule has 2 fully saturated rings. The maximum atomic E-state index is 5.98. The Morgan fingerprint density at radius 2 is 2.06 bits per heavy atom. The van der Waals surface area contributed by atoms with Crippen LogP contribution in [-0.2, 0) is 14.2 Å². The van der Waals surface area contributed by atoms with Crippen molar-refractivity contribution in [3.05, 3.63) is 0 Å². The van der Waals surface area contributed by atoms with Crippen molar-refractivity contribution in [1.82, 2.24) is 5.32 Å². The topological polar surface area (TPSA) is 39.7 Å². The standard InChI is InChI=1S/C14H27NO3/c1-2-3-8-16-9-10-17-13-11-14(18-12-13)4-6-15-7-5-14/h13,15H,2-12H2,1H3. The normalized spacial score (nSPS) is 26.8. The van der Waals surface area contributed by atoms with E-state index in [2.05, 4.69) is 12.2 Å². The first kappa shape index (κ1) is 14.3. The van der Waals surface area contributed by atoms with Crippen molar-refractivity contribution in [1.29, 1.82) is 0 Å². The largest absolute Gasteiger partial charge is 0.379 e. The minimum absolute atomic E-state index is 0.110. The van der Waals surface area contributed by atoms with Gasteiger partial charge < -0.3 is 19.5 Å². The van der Waals surface area contributed by atoms with Gasteiger partial charge in [-0.3, -0.25) is 0 Å². The molecule has 18 heavy (non-hydrogen) atoms. The molecule has 2 aliphatic rings. The minimum Gasteiger partial charge on any atom is -0.379 e. The van der Waals surface area contributed by atoms with E-state index < -0.39 is 0 Å². The molecular weight excluding hydrogens is 230 g/mol. The molecule has 0 aromatic carbocycles. The number of unbranched alkanes of at least 4 members (excludes halogenated alkanes) is 1. The lowest BCUT2D eigenvalue weighted by molar-refractivity contribution is -0.0264. The Hall–Kier alpha value is -0.160. The average Bonchev–Trinajstić information content (AvgIpc) is 2.78. The Bertz CT molecular complexity index is 229. The van der Waals surface area contributed by atoms with Crippen LogP contribution in [-0.4, -0.2) is 51.2 Å². The number of piperidine rings is 1. The Balaban J connectivity index is 1.55. The van der Waals surface area contributed by atoms with E-state index in [1.165, 1.54) is 6.42 Å². The molecule has 0 aromatic rings. The van der Waals surface area contributed by atoms with Gasteiger partial charge >= 0.3 is 0 Å². The van der Waals surface area contributed by atoms with Gasteiger partial charge in [-0.2, -0.15) is 0 Å². The van der Waals surface area contributed by atoms with Gasteiger partial charge in [-0.25, -0.2) is 0 Å². The predicted molar refractivity (Wildman–Crippen MR) is 70.9 cm³/mol. The van der Waals surface area contributed by atoms with Crippen LogP contribution in [0.1, 0.15) is 39.0 Å². The van der Waals surface area contributed by atoms with Crippen LogP contribution in [0.25, 0.3) is 0 Å². The molecule has 0 aliphatic carbocycles. The summed E-state index contributed by atoms with van der Waals surface area (Å²) in [4.78, 5) is 0. The molecule has 2 rings (SSSR count). The fourth-order valence-electron chi connectivity index (χ4n) is 2.76. The van der Waals surface area contributed by atoms with Crippen LogP contribution in [0.5, 0.6) is 0 Å². The van der Waals surface area contributed by atoms with Crippen molar-refractivity contribution in [2.45, 2.75) is 50.7 Å². The van der Waals surface area contributed by atoms with Gasteiger partial charge in [-0.15, -0.1) is 0 Å². The summed E-state index contributed by atoms with van der Waals surface area (Å²) >= 11 is 0. The number of nitrogens with one attached hydrogen (secondary N) is 1. The Morgan fingerprint density at radius 1 is 1.22 bits per heavy atom. The molecule has 2 aliphatic heterocycles. The highest BCUT2D eigenvalue weighted by atomic mass is 16.6. The second kappa shape index (κ2) is 7.43. The smallest absolute Gasteiger partial charge is 0.0837 e. The number of hydrogen-bond donors (Lipinski definition) is 1. The third-order valence-electron chi connectivity index (χ3n) is 3.91. The lowest BCUT2D eigenvalue weighted by Crippen LogP contribution is -2.41. The number of hydrogen-bond acceptors (Lipinski definition) is 4. The van der Waals surface area contributed by atoms with E-state index in [-0.39, 0.29) is 11.7 Å². The van der Waals surface area contributed by atoms with Gasteiger partial charge in [0.05, 0.1) is 31.5 Å². The lowest BCUT2D eigenvalue weighted by Gasteiger charge is -2.32. The first-order valence-corrected chi connectivity index (χ1v) is 7.39. The van der Waals surface area contributed by atoms with Gasteiger partial charge in [0.15, 0.2) is 0 Å². The van der Waals surface area contributed by atoms with E-state index in [0.717, 1.165) is 52.0 Å². The second-order valence-electron chi connectivity index (χ2n) is 5.41. The van der Waals surface area contributed by atoms with Crippen LogP contribution < -0.4 is 5.32 Å². The fourth-order valence-corrected chi connectivity index (χ4v) is 2.76. The van der Waals surface area contributed by atoms with Crippen LogP contribution in [0.15, 0.2) is 0 Å². The molecule has 106 valence electrons. The summed E-state index contributed by atoms with van der Waals surface area (Å²) in [6, 6.07) is 0. The van der Waals surface area contributed by atoms with Gasteiger partial charge in [0.25, 0.3) is 0 Å². The molecule has 0 aromatic heterocycles. The van der Waals surface area contributed by atoms with E-state index in [1.54, 1.807) is 0 Å². The first-order chi connectivity index (χ1) is 8.85. The van der Waals surface area contributed by atoms with Gasteiger partial charge in [0.1, 0.15) is 0 Å². The van der Waals surface area contributed by atoms with Crippen LogP contribution in [0.2, 0.25) is 0 Å². The minimum atomic E-state index is 0.110. The van der Waals surface area contributed by atoms with E-state index in [9.17, 15) is 0 Å². The van der Waals surface area contributed by atoms with Gasteiger partial charge in [0.2, 0.25) is 0 Å². The van der Waals surface area contributed by atoms with Gasteiger partial charge in [0, 0.05) is 13.0 Å². The van der Waals surface area contributed by atoms with E-state index >= 15 is 0 Å². The summed E-state index contributed by atoms with van der Waals surface area (Å²) < 4.78 is 17.3. The molecule has 1 N–H and O–H groups in total. The monoisotopic (exact) mass is 257 g/mol. The third kappa shape index (κ3) is 4.19. The van der Waals surface area contributed by atoms with E-state index in [1.807, 2.05) is 0 Å². The molecule has 1 spiro atoms. The molecule has 0 radical (unpaired) electrons. The van der Waals surface area contributed by atoms with Crippen LogP contribution >= 0.6 is 0 Å². The Morgan fingerprint density at radius 3 is 2.83 bits per heavy atom. The van der Waals surface area contributed by atoms with Crippen molar-refractivity contribution in [2.24, 2.45) is 0 Å². The molecule has 4 heteroatoms. The van der Waals surface area contributed by atoms with Gasteiger partial charge in [-0.05, 0) is 32.4 Å². The first-order valence-electron chi connectivity index (χ1n) is 7.39. The highest BCUT2D eigenvalue weighted by molar-refractivity contribution is 4.93. The lowest BCUT2D eigenvalue weighted by atomic mass is 9.89. The van der Waals surface area contributed by atoms with Crippen molar-refractivity contribution < 1.29 is 14.2 Å². The average molecular weight is 257 g/mol. The molecule has 0 amide bonds. The van der Waals surface area contributed by atoms with Crippen LogP contribution in [0.4, 0.5) is 0 Å². The van der Waals surface area contributed by atoms with Crippen molar-refractivity contribution in [3.63, 3.8) is 0 Å². The quantitative estimate of drug-likeness (QED) is 0.705. The summed E-state index contributed by atoms with van der Waals surface area (Å²) in [5.41, 5.74) is 0.110. The highest BCUT2D eigenvalue weighted by Gasteiger charge is 2.41. The summed E-state index contributed by atoms with van der Waals surface area (Å²) in [6.07, 6.45) is 5.91. The number of ether oxygens (including phenoxy) is 3. The SMILES string of the molecule is CCCCOCCOC1COC2(CCNCC2)C1. The Kier molecular flexibility index (Phi) is 5.89. The predicted octanol–water partition coefficient (Wildman–Crippen LogP) is 1.73. The van der Waals surface area contributed by atoms with Crippen LogP contribution in [0.3, 0.4) is 0 Å². The molecule has 0 saturated carbocycles. The zero-order chi connectivity index (χ0) is 12.7. The molecule has 2 heterocycles. The number of rotatable bonds is 7. The second-order valence-corrected chi connectivity index (χ2v) is 5.41. The molecular formula is C14H27NO3. The summed E-state index contributed by atoms with van der Waals surface area (Å²) in [7, 11) is 0. The Labute approximate surface area is 110 Å². The maximum Gasteiger partial charge on any atom is 0.0837 e. The molecule has 0 bridgehead atoms. The van der Waals surface area contributed by atoms with E-state index in [4.69, 9.17) is 14.2 Å². The molecule has 4 nitrogen and oxygen atoms in total. The van der Waals surface area contributed by atoms with Gasteiger partial charge in [-0.1, -0.05) is 13.3 Å². The van der Waals surface area contributed by atoms with Crippen molar-refractivity contribution in [2.75, 3.05) is 39.5 Å². The zero-order valence-electron chi connectivity index (χ0n) is 11.6. The fraction of sp³-hybridized carbons (Fsp3) is 1.00. The molecule has 1 unspecified atom stereocenters. The summed E-state index contributed by atoms with van der Waals surface area (Å²) in [6.45, 7) is 7.36. The highest BCUT2D eigenvalue weighted by Crippen LogP contribution is 2.34. The summed E-state index contributed by atoms with van der Waals surface area (Å²) in [5, 5.41) is 3.38. The van der Waals surface area contributed by atoms with Crippen molar-refractivity contribution >= 4 is 0 Å². The van der Waals surface area contributed by atoms with E-state index in [0.29, 0.717) is 13.2 Å².